The Bertz CT molecular complexity index is 1180. The van der Waals surface area contributed by atoms with E-state index in [0.29, 0.717) is 24.3 Å². The Labute approximate surface area is 237 Å². The minimum Gasteiger partial charge on any atom is -0.493 e. The summed E-state index contributed by atoms with van der Waals surface area (Å²) in [7, 11) is 4.58. The van der Waals surface area contributed by atoms with E-state index in [2.05, 4.69) is 46.7 Å². The molecule has 0 fully saturated rings. The molecule has 1 aliphatic rings. The second kappa shape index (κ2) is 11.5. The van der Waals surface area contributed by atoms with Crippen LogP contribution in [0.25, 0.3) is 10.9 Å². The summed E-state index contributed by atoms with van der Waals surface area (Å²) in [6, 6.07) is 2.44. The van der Waals surface area contributed by atoms with Gasteiger partial charge in [-0.05, 0) is 74.3 Å². The van der Waals surface area contributed by atoms with E-state index in [1.807, 2.05) is 12.1 Å². The molecule has 0 radical (unpaired) electrons. The van der Waals surface area contributed by atoms with Crippen molar-refractivity contribution in [2.75, 3.05) is 21.3 Å². The van der Waals surface area contributed by atoms with Gasteiger partial charge in [0.1, 0.15) is 15.2 Å². The molecule has 212 valence electrons. The number of halogens is 1. The number of hydrogen-bond acceptors (Lipinski definition) is 7. The van der Waals surface area contributed by atoms with Crippen LogP contribution in [0.3, 0.4) is 0 Å². The number of benzene rings is 1. The molecule has 3 N–H and O–H groups in total. The number of alkyl carbamates (subject to hydrolysis) is 1. The number of alkyl halides is 1. The van der Waals surface area contributed by atoms with Crippen molar-refractivity contribution in [1.82, 2.24) is 15.2 Å². The normalized spacial score (nSPS) is 21.2. The van der Waals surface area contributed by atoms with Crippen molar-refractivity contribution in [1.29, 1.82) is 0 Å². The third-order valence-electron chi connectivity index (χ3n) is 6.55. The quantitative estimate of drug-likeness (QED) is 0.165. The number of nitrogens with one attached hydrogen (secondary N) is 2. The number of amides is 2. The first kappa shape index (κ1) is 30.3. The molecule has 1 aromatic carbocycles. The van der Waals surface area contributed by atoms with Gasteiger partial charge in [0, 0.05) is 36.2 Å². The zero-order valence-corrected chi connectivity index (χ0v) is 25.8. The summed E-state index contributed by atoms with van der Waals surface area (Å²) in [5, 5.41) is 14.7. The van der Waals surface area contributed by atoms with Gasteiger partial charge in [-0.3, -0.25) is 4.79 Å². The molecule has 10 nitrogen and oxygen atoms in total. The van der Waals surface area contributed by atoms with Crippen molar-refractivity contribution in [2.45, 2.75) is 81.9 Å². The van der Waals surface area contributed by atoms with Crippen molar-refractivity contribution < 1.29 is 33.6 Å². The van der Waals surface area contributed by atoms with Crippen LogP contribution in [0.4, 0.5) is 4.79 Å². The van der Waals surface area contributed by atoms with Crippen LogP contribution < -0.4 is 14.8 Å². The summed E-state index contributed by atoms with van der Waals surface area (Å²) in [6.07, 6.45) is -1.08. The monoisotopic (exact) mass is 645 g/mol. The molecule has 0 aliphatic carbocycles. The van der Waals surface area contributed by atoms with Crippen molar-refractivity contribution in [2.24, 2.45) is 5.92 Å². The number of methoxy groups -OCH3 is 3. The molecule has 1 aliphatic heterocycles. The lowest BCUT2D eigenvalue weighted by Gasteiger charge is -2.50. The van der Waals surface area contributed by atoms with Crippen molar-refractivity contribution in [3.05, 3.63) is 23.4 Å². The van der Waals surface area contributed by atoms with Gasteiger partial charge in [-0.2, -0.15) is 0 Å². The molecular weight excluding hydrogens is 605 g/mol. The Morgan fingerprint density at radius 2 is 1.79 bits per heavy atom. The van der Waals surface area contributed by atoms with E-state index in [-0.39, 0.29) is 11.8 Å². The summed E-state index contributed by atoms with van der Waals surface area (Å²) in [4.78, 5) is 31.8. The molecular formula is C27H40IN3O7. The van der Waals surface area contributed by atoms with Crippen LogP contribution in [-0.4, -0.2) is 69.8 Å². The fourth-order valence-corrected chi connectivity index (χ4v) is 6.15. The zero-order chi connectivity index (χ0) is 28.6. The number of aliphatic hydroxyl groups excluding tert-OH is 1. The molecule has 0 spiro atoms. The van der Waals surface area contributed by atoms with Crippen molar-refractivity contribution >= 4 is 45.5 Å². The van der Waals surface area contributed by atoms with E-state index in [1.165, 1.54) is 7.11 Å². The Morgan fingerprint density at radius 1 is 1.18 bits per heavy atom. The Balaban J connectivity index is 2.17. The lowest BCUT2D eigenvalue weighted by molar-refractivity contribution is -0.167. The number of hydrogen-bond donors (Lipinski definition) is 3. The van der Waals surface area contributed by atoms with E-state index in [0.717, 1.165) is 22.2 Å². The predicted molar refractivity (Wildman–Crippen MR) is 153 cm³/mol. The van der Waals surface area contributed by atoms with Gasteiger partial charge in [-0.15, -0.1) is 0 Å². The first-order valence-electron chi connectivity index (χ1n) is 12.7. The second-order valence-electron chi connectivity index (χ2n) is 11.1. The highest BCUT2D eigenvalue weighted by Gasteiger charge is 2.53. The Kier molecular flexibility index (Phi) is 9.14. The molecule has 1 aromatic heterocycles. The first-order valence-corrected chi connectivity index (χ1v) is 13.7. The summed E-state index contributed by atoms with van der Waals surface area (Å²) < 4.78 is 20.7. The fraction of sp³-hybridized carbons (Fsp3) is 0.630. The van der Waals surface area contributed by atoms with Crippen LogP contribution in [-0.2, 0) is 20.7 Å². The minimum atomic E-state index is -1.30. The maximum Gasteiger partial charge on any atom is 0.408 e. The topological polar surface area (TPSA) is 122 Å². The summed E-state index contributed by atoms with van der Waals surface area (Å²) in [5.74, 6) is 1.03. The van der Waals surface area contributed by atoms with E-state index >= 15 is 0 Å². The molecule has 2 heterocycles. The van der Waals surface area contributed by atoms with Gasteiger partial charge < -0.3 is 39.3 Å². The van der Waals surface area contributed by atoms with E-state index in [1.54, 1.807) is 46.8 Å². The Morgan fingerprint density at radius 3 is 2.32 bits per heavy atom. The van der Waals surface area contributed by atoms with E-state index in [4.69, 9.17) is 18.9 Å². The number of fused-ring (bicyclic) bond motifs is 3. The molecule has 2 amide bonds. The van der Waals surface area contributed by atoms with Gasteiger partial charge in [0.05, 0.1) is 20.3 Å². The highest BCUT2D eigenvalue weighted by Crippen LogP contribution is 2.50. The highest BCUT2D eigenvalue weighted by molar-refractivity contribution is 14.1. The second-order valence-corrected chi connectivity index (χ2v) is 12.9. The summed E-state index contributed by atoms with van der Waals surface area (Å²) >= 11 is 2.12. The first-order chi connectivity index (χ1) is 17.7. The average Bonchev–Trinajstić information content (AvgIpc) is 3.17. The fourth-order valence-electron chi connectivity index (χ4n) is 4.94. The summed E-state index contributed by atoms with van der Waals surface area (Å²) in [6.45, 7) is 11.1. The van der Waals surface area contributed by atoms with Gasteiger partial charge in [0.15, 0.2) is 17.8 Å². The van der Waals surface area contributed by atoms with Crippen LogP contribution in [0.1, 0.15) is 65.3 Å². The Hall–Kier alpha value is -2.25. The number of aromatic amines is 1. The van der Waals surface area contributed by atoms with Crippen molar-refractivity contribution in [3.8, 4) is 11.5 Å². The van der Waals surface area contributed by atoms with Crippen LogP contribution in [0.5, 0.6) is 11.5 Å². The van der Waals surface area contributed by atoms with Crippen LogP contribution >= 0.6 is 22.6 Å². The maximum absolute atomic E-state index is 14.1. The number of carbonyl (C=O) groups excluding carboxylic acids is 2. The average molecular weight is 646 g/mol. The number of aromatic nitrogens is 1. The highest BCUT2D eigenvalue weighted by atomic mass is 127. The van der Waals surface area contributed by atoms with Gasteiger partial charge in [0.2, 0.25) is 5.91 Å². The largest absolute Gasteiger partial charge is 0.493 e. The number of ether oxygens (including phenoxy) is 4. The molecule has 1 unspecified atom stereocenters. The SMILES string of the molecule is COc1cc2[nH]c3c(c2cc1OC)C[C@](I)(C(O)OC)N(C(=O)[C@H](C)NC(=O)OC(C)(C)C)[C@H]3CC(C)C. The number of rotatable bonds is 8. The molecule has 0 saturated carbocycles. The molecule has 0 bridgehead atoms. The predicted octanol–water partition coefficient (Wildman–Crippen LogP) is 4.67. The number of nitrogens with zero attached hydrogens (tertiary/aromatic N) is 1. The van der Waals surface area contributed by atoms with Crippen LogP contribution in [0, 0.1) is 5.92 Å². The van der Waals surface area contributed by atoms with Gasteiger partial charge in [0.25, 0.3) is 0 Å². The number of carbonyl (C=O) groups is 2. The lowest BCUT2D eigenvalue weighted by atomic mass is 9.86. The molecule has 4 atom stereocenters. The van der Waals surface area contributed by atoms with E-state index < -0.39 is 33.6 Å². The van der Waals surface area contributed by atoms with Crippen LogP contribution in [0.2, 0.25) is 0 Å². The third-order valence-corrected chi connectivity index (χ3v) is 7.98. The maximum atomic E-state index is 14.1. The lowest BCUT2D eigenvalue weighted by Crippen LogP contribution is -2.63. The smallest absolute Gasteiger partial charge is 0.408 e. The minimum absolute atomic E-state index is 0.214. The number of aliphatic hydroxyl groups is 1. The molecule has 3 rings (SSSR count). The molecule has 2 aromatic rings. The molecule has 38 heavy (non-hydrogen) atoms. The van der Waals surface area contributed by atoms with Crippen molar-refractivity contribution in [3.63, 3.8) is 0 Å². The zero-order valence-electron chi connectivity index (χ0n) is 23.6. The van der Waals surface area contributed by atoms with Gasteiger partial charge in [-0.25, -0.2) is 4.79 Å². The number of H-pyrrole nitrogens is 1. The van der Waals surface area contributed by atoms with E-state index in [9.17, 15) is 14.7 Å². The standard InChI is InChI=1S/C27H40IN3O7/c1-14(2)10-19-22-17(16-11-20(35-7)21(36-8)12-18(16)30-22)13-27(28,24(33)37-9)31(19)23(32)15(3)29-25(34)38-26(4,5)6/h11-12,14-15,19,24,30,33H,10,13H2,1-9H3,(H,29,34)/t15-,19-,24?,27+/m0/s1. The van der Waals surface area contributed by atoms with Gasteiger partial charge >= 0.3 is 6.09 Å². The summed E-state index contributed by atoms with van der Waals surface area (Å²) in [5.41, 5.74) is 1.96. The molecule has 11 heteroatoms. The third kappa shape index (κ3) is 5.99. The van der Waals surface area contributed by atoms with Crippen LogP contribution in [0.15, 0.2) is 12.1 Å². The molecule has 0 saturated heterocycles. The van der Waals surface area contributed by atoms with Gasteiger partial charge in [-0.1, -0.05) is 13.8 Å².